The number of aromatic hydroxyl groups is 2. The van der Waals surface area contributed by atoms with Gasteiger partial charge in [-0.3, -0.25) is 0 Å². The maximum atomic E-state index is 13.7. The van der Waals surface area contributed by atoms with Gasteiger partial charge >= 0.3 is 0 Å². The summed E-state index contributed by atoms with van der Waals surface area (Å²) < 4.78 is 28.9. The highest BCUT2D eigenvalue weighted by Gasteiger charge is 2.41. The molecule has 4 aromatic carbocycles. The van der Waals surface area contributed by atoms with Gasteiger partial charge in [-0.1, -0.05) is 54.6 Å². The van der Waals surface area contributed by atoms with Gasteiger partial charge in [0.1, 0.15) is 16.4 Å². The fourth-order valence-corrected chi connectivity index (χ4v) is 6.05. The van der Waals surface area contributed by atoms with Gasteiger partial charge in [0.2, 0.25) is 10.0 Å². The molecule has 1 unspecified atom stereocenters. The summed E-state index contributed by atoms with van der Waals surface area (Å²) in [6.07, 6.45) is 0. The smallest absolute Gasteiger partial charge is 0.247 e. The number of hydrogen-bond acceptors (Lipinski definition) is 4. The highest BCUT2D eigenvalue weighted by molar-refractivity contribution is 7.89. The van der Waals surface area contributed by atoms with E-state index in [1.54, 1.807) is 31.2 Å². The van der Waals surface area contributed by atoms with Gasteiger partial charge in [-0.2, -0.15) is 4.31 Å². The van der Waals surface area contributed by atoms with Crippen molar-refractivity contribution in [2.45, 2.75) is 24.4 Å². The summed E-state index contributed by atoms with van der Waals surface area (Å²) in [6, 6.07) is 22.7. The molecule has 0 amide bonds. The van der Waals surface area contributed by atoms with Crippen LogP contribution in [0.4, 0.5) is 0 Å². The maximum Gasteiger partial charge on any atom is 0.247 e. The molecule has 31 heavy (non-hydrogen) atoms. The van der Waals surface area contributed by atoms with Crippen LogP contribution in [0.2, 0.25) is 0 Å². The lowest BCUT2D eigenvalue weighted by atomic mass is 9.94. The molecule has 1 atom stereocenters. The summed E-state index contributed by atoms with van der Waals surface area (Å²) in [7, 11) is -4.03. The predicted octanol–water partition coefficient (Wildman–Crippen LogP) is 4.85. The van der Waals surface area contributed by atoms with Gasteiger partial charge in [-0.15, -0.1) is 0 Å². The molecule has 156 valence electrons. The van der Waals surface area contributed by atoms with E-state index in [4.69, 9.17) is 0 Å². The second-order valence-electron chi connectivity index (χ2n) is 7.88. The topological polar surface area (TPSA) is 77.8 Å². The average Bonchev–Trinajstić information content (AvgIpc) is 3.12. The molecule has 0 aromatic heterocycles. The lowest BCUT2D eigenvalue weighted by molar-refractivity contribution is 0.383. The van der Waals surface area contributed by atoms with Crippen LogP contribution in [0, 0.1) is 6.92 Å². The van der Waals surface area contributed by atoms with Crippen LogP contribution in [0.1, 0.15) is 28.3 Å². The molecule has 0 saturated heterocycles. The zero-order valence-corrected chi connectivity index (χ0v) is 17.7. The van der Waals surface area contributed by atoms with Crippen LogP contribution in [0.3, 0.4) is 0 Å². The lowest BCUT2D eigenvalue weighted by Crippen LogP contribution is -2.30. The Morgan fingerprint density at radius 1 is 0.871 bits per heavy atom. The highest BCUT2D eigenvalue weighted by Crippen LogP contribution is 2.45. The van der Waals surface area contributed by atoms with E-state index in [0.29, 0.717) is 0 Å². The molecule has 0 aliphatic carbocycles. The van der Waals surface area contributed by atoms with Gasteiger partial charge in [-0.05, 0) is 64.2 Å². The second-order valence-corrected chi connectivity index (χ2v) is 9.73. The summed E-state index contributed by atoms with van der Waals surface area (Å²) in [5.74, 6) is -0.177. The predicted molar refractivity (Wildman–Crippen MR) is 119 cm³/mol. The van der Waals surface area contributed by atoms with E-state index in [0.717, 1.165) is 33.0 Å². The van der Waals surface area contributed by atoms with E-state index in [-0.39, 0.29) is 22.9 Å². The van der Waals surface area contributed by atoms with E-state index in [1.165, 1.54) is 16.4 Å². The zero-order chi connectivity index (χ0) is 21.8. The number of aryl methyl sites for hydroxylation is 1. The molecule has 0 radical (unpaired) electrons. The minimum atomic E-state index is -4.03. The van der Waals surface area contributed by atoms with Gasteiger partial charge in [0.05, 0.1) is 6.04 Å². The minimum Gasteiger partial charge on any atom is -0.508 e. The number of phenols is 2. The summed E-state index contributed by atoms with van der Waals surface area (Å²) in [4.78, 5) is -0.125. The molecule has 1 aliphatic rings. The van der Waals surface area contributed by atoms with Crippen molar-refractivity contribution in [3.8, 4) is 11.5 Å². The normalized spacial score (nSPS) is 16.5. The molecule has 2 N–H and O–H groups in total. The third-order valence-electron chi connectivity index (χ3n) is 5.85. The standard InChI is InChI=1S/C25H21NO4S/c1-16-9-12-24(23(28)13-16)31(29,30)26-15-18-14-19(27)10-11-21(18)25(26)22-8-4-6-17-5-2-3-7-20(17)22/h2-14,25,27-28H,15H2,1H3. The van der Waals surface area contributed by atoms with Gasteiger partial charge < -0.3 is 10.2 Å². The highest BCUT2D eigenvalue weighted by atomic mass is 32.2. The monoisotopic (exact) mass is 431 g/mol. The van der Waals surface area contributed by atoms with Crippen LogP contribution in [0.5, 0.6) is 11.5 Å². The number of phenolic OH excluding ortho intramolecular Hbond substituents is 2. The molecule has 1 aliphatic heterocycles. The van der Waals surface area contributed by atoms with E-state index < -0.39 is 16.1 Å². The van der Waals surface area contributed by atoms with E-state index in [2.05, 4.69) is 0 Å². The van der Waals surface area contributed by atoms with Gasteiger partial charge in [0.15, 0.2) is 0 Å². The Bertz CT molecular complexity index is 1420. The first kappa shape index (κ1) is 19.6. The molecule has 0 bridgehead atoms. The quantitative estimate of drug-likeness (QED) is 0.486. The molecule has 5 rings (SSSR count). The van der Waals surface area contributed by atoms with Crippen molar-refractivity contribution in [2.24, 2.45) is 0 Å². The number of fused-ring (bicyclic) bond motifs is 2. The van der Waals surface area contributed by atoms with E-state index >= 15 is 0 Å². The molecule has 1 heterocycles. The third kappa shape index (κ3) is 3.15. The second kappa shape index (κ2) is 7.11. The fraction of sp³-hybridized carbons (Fsp3) is 0.120. The number of nitrogens with zero attached hydrogens (tertiary/aromatic N) is 1. The number of hydrogen-bond donors (Lipinski definition) is 2. The van der Waals surface area contributed by atoms with Crippen LogP contribution >= 0.6 is 0 Å². The number of benzene rings is 4. The first-order valence-electron chi connectivity index (χ1n) is 9.97. The Labute approximate surface area is 180 Å². The van der Waals surface area contributed by atoms with Crippen molar-refractivity contribution in [1.29, 1.82) is 0 Å². The maximum absolute atomic E-state index is 13.7. The van der Waals surface area contributed by atoms with Crippen LogP contribution in [-0.2, 0) is 16.6 Å². The van der Waals surface area contributed by atoms with E-state index in [1.807, 2.05) is 42.5 Å². The van der Waals surface area contributed by atoms with Crippen LogP contribution in [0.25, 0.3) is 10.8 Å². The van der Waals surface area contributed by atoms with E-state index in [9.17, 15) is 18.6 Å². The zero-order valence-electron chi connectivity index (χ0n) is 16.9. The van der Waals surface area contributed by atoms with Crippen molar-refractivity contribution < 1.29 is 18.6 Å². The molecule has 5 nitrogen and oxygen atoms in total. The van der Waals surface area contributed by atoms with Crippen molar-refractivity contribution in [1.82, 2.24) is 4.31 Å². The summed E-state index contributed by atoms with van der Waals surface area (Å²) in [6.45, 7) is 1.90. The lowest BCUT2D eigenvalue weighted by Gasteiger charge is -2.26. The third-order valence-corrected chi connectivity index (χ3v) is 7.71. The molecule has 0 fully saturated rings. The largest absolute Gasteiger partial charge is 0.508 e. The van der Waals surface area contributed by atoms with Gasteiger partial charge in [0.25, 0.3) is 0 Å². The van der Waals surface area contributed by atoms with Crippen LogP contribution < -0.4 is 0 Å². The van der Waals surface area contributed by atoms with Crippen molar-refractivity contribution in [2.75, 3.05) is 0 Å². The van der Waals surface area contributed by atoms with Crippen molar-refractivity contribution in [3.05, 3.63) is 101 Å². The first-order chi connectivity index (χ1) is 14.9. The molecular weight excluding hydrogens is 410 g/mol. The Morgan fingerprint density at radius 2 is 1.65 bits per heavy atom. The van der Waals surface area contributed by atoms with Crippen LogP contribution in [0.15, 0.2) is 83.8 Å². The van der Waals surface area contributed by atoms with Gasteiger partial charge in [0, 0.05) is 6.54 Å². The van der Waals surface area contributed by atoms with Crippen LogP contribution in [-0.4, -0.2) is 22.9 Å². The van der Waals surface area contributed by atoms with Crippen molar-refractivity contribution >= 4 is 20.8 Å². The SMILES string of the molecule is Cc1ccc(S(=O)(=O)N2Cc3cc(O)ccc3C2c2cccc3ccccc23)c(O)c1. The molecule has 0 saturated carbocycles. The summed E-state index contributed by atoms with van der Waals surface area (Å²) in [5, 5.41) is 22.4. The molecule has 0 spiro atoms. The van der Waals surface area contributed by atoms with Gasteiger partial charge in [-0.25, -0.2) is 8.42 Å². The average molecular weight is 432 g/mol. The Balaban J connectivity index is 1.75. The molecular formula is C25H21NO4S. The Hall–Kier alpha value is -3.35. The number of rotatable bonds is 3. The summed E-state index contributed by atoms with van der Waals surface area (Å²) >= 11 is 0. The minimum absolute atomic E-state index is 0.0906. The molecule has 4 aromatic rings. The molecule has 6 heteroatoms. The fourth-order valence-electron chi connectivity index (χ4n) is 4.42. The number of sulfonamides is 1. The first-order valence-corrected chi connectivity index (χ1v) is 11.4. The summed E-state index contributed by atoms with van der Waals surface area (Å²) in [5.41, 5.74) is 3.20. The Morgan fingerprint density at radius 3 is 2.45 bits per heavy atom. The Kier molecular flexibility index (Phi) is 4.50. The van der Waals surface area contributed by atoms with Crippen molar-refractivity contribution in [3.63, 3.8) is 0 Å².